The molecule has 1 saturated heterocycles. The van der Waals surface area contributed by atoms with Gasteiger partial charge >= 0.3 is 13.2 Å². The van der Waals surface area contributed by atoms with E-state index in [2.05, 4.69) is 10.5 Å². The van der Waals surface area contributed by atoms with E-state index in [0.717, 1.165) is 5.46 Å². The molecule has 2 heterocycles. The Hall–Kier alpha value is -2.06. The molecule has 7 nitrogen and oxygen atoms in total. The first-order chi connectivity index (χ1) is 10.2. The highest BCUT2D eigenvalue weighted by Gasteiger charge is 2.51. The van der Waals surface area contributed by atoms with Crippen LogP contribution in [0.1, 0.15) is 27.7 Å². The van der Waals surface area contributed by atoms with E-state index in [1.165, 1.54) is 0 Å². The average Bonchev–Trinajstić information content (AvgIpc) is 2.88. The first-order valence-electron chi connectivity index (χ1n) is 6.94. The minimum atomic E-state index is -1.19. The number of carboxylic acid groups (broad SMARTS) is 1. The number of anilines is 1. The van der Waals surface area contributed by atoms with E-state index in [-0.39, 0.29) is 5.82 Å². The van der Waals surface area contributed by atoms with Crippen molar-refractivity contribution >= 4 is 35.5 Å². The molecule has 0 unspecified atom stereocenters. The molecule has 1 aliphatic heterocycles. The fourth-order valence-corrected chi connectivity index (χ4v) is 2.27. The SMILES string of the molecule is CC1(C)OB(c2ccc3c(NC(=O)O)noc3c2)OC1(C)C. The molecule has 2 N–H and O–H groups in total. The van der Waals surface area contributed by atoms with Crippen molar-refractivity contribution in [3.05, 3.63) is 18.2 Å². The predicted molar refractivity (Wildman–Crippen MR) is 81.4 cm³/mol. The average molecular weight is 304 g/mol. The largest absolute Gasteiger partial charge is 0.494 e. The zero-order valence-corrected chi connectivity index (χ0v) is 12.8. The third-order valence-corrected chi connectivity index (χ3v) is 4.25. The summed E-state index contributed by atoms with van der Waals surface area (Å²) in [6, 6.07) is 5.30. The Morgan fingerprint density at radius 2 is 1.86 bits per heavy atom. The van der Waals surface area contributed by atoms with Gasteiger partial charge in [-0.3, -0.25) is 5.32 Å². The molecule has 2 aromatic rings. The van der Waals surface area contributed by atoms with Crippen molar-refractivity contribution in [2.45, 2.75) is 38.9 Å². The fourth-order valence-electron chi connectivity index (χ4n) is 2.27. The lowest BCUT2D eigenvalue weighted by Gasteiger charge is -2.32. The molecule has 1 aliphatic rings. The zero-order chi connectivity index (χ0) is 16.1. The summed E-state index contributed by atoms with van der Waals surface area (Å²) in [5, 5.41) is 15.2. The van der Waals surface area contributed by atoms with Crippen LogP contribution in [0.25, 0.3) is 11.0 Å². The lowest BCUT2D eigenvalue weighted by molar-refractivity contribution is 0.00578. The summed E-state index contributed by atoms with van der Waals surface area (Å²) in [6.45, 7) is 7.92. The van der Waals surface area contributed by atoms with E-state index in [4.69, 9.17) is 18.9 Å². The van der Waals surface area contributed by atoms with Gasteiger partial charge in [0.15, 0.2) is 11.4 Å². The van der Waals surface area contributed by atoms with Gasteiger partial charge < -0.3 is 18.9 Å². The molecule has 22 heavy (non-hydrogen) atoms. The highest BCUT2D eigenvalue weighted by Crippen LogP contribution is 2.36. The Bertz CT molecular complexity index is 724. The summed E-state index contributed by atoms with van der Waals surface area (Å²) in [6.07, 6.45) is -1.19. The molecular weight excluding hydrogens is 287 g/mol. The number of hydrogen-bond donors (Lipinski definition) is 2. The Morgan fingerprint density at radius 1 is 1.23 bits per heavy atom. The van der Waals surface area contributed by atoms with Crippen molar-refractivity contribution in [3.63, 3.8) is 0 Å². The van der Waals surface area contributed by atoms with E-state index in [1.807, 2.05) is 33.8 Å². The van der Waals surface area contributed by atoms with Gasteiger partial charge in [0.1, 0.15) is 0 Å². The molecule has 0 spiro atoms. The highest BCUT2D eigenvalue weighted by molar-refractivity contribution is 6.62. The fraction of sp³-hybridized carbons (Fsp3) is 0.429. The first kappa shape index (κ1) is 14.9. The third-order valence-electron chi connectivity index (χ3n) is 4.25. The number of nitrogens with one attached hydrogen (secondary N) is 1. The van der Waals surface area contributed by atoms with Crippen molar-refractivity contribution in [2.24, 2.45) is 0 Å². The standard InChI is InChI=1S/C14H17BN2O5/c1-13(2)14(3,4)22-15(21-13)8-5-6-9-10(7-8)20-17-11(9)16-12(18)19/h5-7H,1-4H3,(H,16,17)(H,18,19). The molecule has 0 aliphatic carbocycles. The van der Waals surface area contributed by atoms with Gasteiger partial charge in [0, 0.05) is 0 Å². The molecule has 3 rings (SSSR count). The molecule has 8 heteroatoms. The van der Waals surface area contributed by atoms with Gasteiger partial charge in [0.05, 0.1) is 16.6 Å². The Kier molecular flexibility index (Phi) is 3.19. The summed E-state index contributed by atoms with van der Waals surface area (Å²) in [4.78, 5) is 10.7. The summed E-state index contributed by atoms with van der Waals surface area (Å²) >= 11 is 0. The van der Waals surface area contributed by atoms with Gasteiger partial charge in [-0.25, -0.2) is 4.79 Å². The minimum Gasteiger partial charge on any atom is -0.465 e. The number of hydrogen-bond acceptors (Lipinski definition) is 5. The van der Waals surface area contributed by atoms with Crippen LogP contribution in [0, 0.1) is 0 Å². The van der Waals surface area contributed by atoms with Crippen LogP contribution in [-0.2, 0) is 9.31 Å². The summed E-state index contributed by atoms with van der Waals surface area (Å²) in [7, 11) is -0.504. The van der Waals surface area contributed by atoms with Crippen LogP contribution in [0.5, 0.6) is 0 Å². The van der Waals surface area contributed by atoms with Crippen LogP contribution >= 0.6 is 0 Å². The van der Waals surface area contributed by atoms with Crippen LogP contribution in [0.2, 0.25) is 0 Å². The molecule has 0 atom stereocenters. The summed E-state index contributed by atoms with van der Waals surface area (Å²) in [5.41, 5.74) is 0.411. The first-order valence-corrected chi connectivity index (χ1v) is 6.94. The van der Waals surface area contributed by atoms with Gasteiger partial charge in [-0.05, 0) is 45.3 Å². The second kappa shape index (κ2) is 4.72. The lowest BCUT2D eigenvalue weighted by Crippen LogP contribution is -2.41. The Morgan fingerprint density at radius 3 is 2.45 bits per heavy atom. The van der Waals surface area contributed by atoms with E-state index in [9.17, 15) is 4.79 Å². The summed E-state index contributed by atoms with van der Waals surface area (Å²) in [5.74, 6) is 0.169. The normalized spacial score (nSPS) is 19.5. The second-order valence-corrected chi connectivity index (χ2v) is 6.31. The highest BCUT2D eigenvalue weighted by atomic mass is 16.7. The molecule has 1 aromatic carbocycles. The maximum atomic E-state index is 10.7. The number of benzene rings is 1. The van der Waals surface area contributed by atoms with Crippen LogP contribution in [-0.4, -0.2) is 34.7 Å². The van der Waals surface area contributed by atoms with Crippen molar-refractivity contribution < 1.29 is 23.7 Å². The predicted octanol–water partition coefficient (Wildman–Crippen LogP) is 2.22. The molecular formula is C14H17BN2O5. The molecule has 0 radical (unpaired) electrons. The Labute approximate surface area is 127 Å². The van der Waals surface area contributed by atoms with Crippen LogP contribution < -0.4 is 10.8 Å². The smallest absolute Gasteiger partial charge is 0.465 e. The monoisotopic (exact) mass is 304 g/mol. The number of rotatable bonds is 2. The van der Waals surface area contributed by atoms with Crippen molar-refractivity contribution in [1.29, 1.82) is 0 Å². The van der Waals surface area contributed by atoms with E-state index >= 15 is 0 Å². The topological polar surface area (TPSA) is 93.8 Å². The maximum Gasteiger partial charge on any atom is 0.494 e. The minimum absolute atomic E-state index is 0.169. The zero-order valence-electron chi connectivity index (χ0n) is 12.8. The summed E-state index contributed by atoms with van der Waals surface area (Å²) < 4.78 is 17.1. The number of carbonyl (C=O) groups is 1. The van der Waals surface area contributed by atoms with Gasteiger partial charge in [-0.15, -0.1) is 0 Å². The van der Waals surface area contributed by atoms with Crippen molar-refractivity contribution in [3.8, 4) is 0 Å². The van der Waals surface area contributed by atoms with Crippen molar-refractivity contribution in [1.82, 2.24) is 5.16 Å². The molecule has 1 aromatic heterocycles. The molecule has 1 fully saturated rings. The number of amides is 1. The van der Waals surface area contributed by atoms with E-state index in [0.29, 0.717) is 11.0 Å². The Balaban J connectivity index is 1.92. The van der Waals surface area contributed by atoms with E-state index in [1.54, 1.807) is 12.1 Å². The number of nitrogens with zero attached hydrogens (tertiary/aromatic N) is 1. The molecule has 0 saturated carbocycles. The van der Waals surface area contributed by atoms with Gasteiger partial charge in [-0.1, -0.05) is 11.2 Å². The van der Waals surface area contributed by atoms with Gasteiger partial charge in [0.25, 0.3) is 0 Å². The van der Waals surface area contributed by atoms with Gasteiger partial charge in [0.2, 0.25) is 0 Å². The quantitative estimate of drug-likeness (QED) is 0.826. The van der Waals surface area contributed by atoms with Crippen LogP contribution in [0.3, 0.4) is 0 Å². The lowest BCUT2D eigenvalue weighted by atomic mass is 9.79. The molecule has 0 bridgehead atoms. The second-order valence-electron chi connectivity index (χ2n) is 6.31. The number of aromatic nitrogens is 1. The number of fused-ring (bicyclic) bond motifs is 1. The van der Waals surface area contributed by atoms with Gasteiger partial charge in [-0.2, -0.15) is 0 Å². The molecule has 116 valence electrons. The van der Waals surface area contributed by atoms with Crippen molar-refractivity contribution in [2.75, 3.05) is 5.32 Å². The maximum absolute atomic E-state index is 10.7. The third kappa shape index (κ3) is 2.34. The van der Waals surface area contributed by atoms with Crippen LogP contribution in [0.4, 0.5) is 10.6 Å². The van der Waals surface area contributed by atoms with Crippen LogP contribution in [0.15, 0.2) is 22.7 Å². The van der Waals surface area contributed by atoms with E-state index < -0.39 is 24.4 Å². The molecule has 1 amide bonds.